The molecule has 1 aliphatic carbocycles. The molecule has 2 aromatic heterocycles. The van der Waals surface area contributed by atoms with E-state index >= 15 is 0 Å². The number of aromatic nitrogens is 5. The van der Waals surface area contributed by atoms with Crippen LogP contribution in [0.2, 0.25) is 0 Å². The lowest BCUT2D eigenvalue weighted by atomic mass is 9.95. The van der Waals surface area contributed by atoms with Crippen LogP contribution < -0.4 is 10.2 Å². The van der Waals surface area contributed by atoms with E-state index in [1.54, 1.807) is 17.1 Å². The fraction of sp³-hybridized carbons (Fsp3) is 0.571. The summed E-state index contributed by atoms with van der Waals surface area (Å²) in [7, 11) is 3.89. The zero-order valence-electron chi connectivity index (χ0n) is 12.5. The van der Waals surface area contributed by atoms with Gasteiger partial charge in [0.25, 0.3) is 0 Å². The summed E-state index contributed by atoms with van der Waals surface area (Å²) in [5, 5.41) is 3.00. The Bertz CT molecular complexity index is 575. The predicted octanol–water partition coefficient (Wildman–Crippen LogP) is 1.87. The lowest BCUT2D eigenvalue weighted by Crippen LogP contribution is -2.35. The Morgan fingerprint density at radius 1 is 1.19 bits per heavy atom. The molecule has 112 valence electrons. The van der Waals surface area contributed by atoms with Crippen LogP contribution in [-0.2, 0) is 0 Å². The molecule has 0 saturated heterocycles. The van der Waals surface area contributed by atoms with Gasteiger partial charge in [-0.1, -0.05) is 19.3 Å². The summed E-state index contributed by atoms with van der Waals surface area (Å²) < 4.78 is 1.79. The van der Waals surface area contributed by atoms with Gasteiger partial charge in [-0.2, -0.15) is 15.0 Å². The largest absolute Gasteiger partial charge is 0.357 e. The van der Waals surface area contributed by atoms with Crippen molar-refractivity contribution >= 4 is 11.9 Å². The number of hydrogen-bond donors (Lipinski definition) is 1. The smallest absolute Gasteiger partial charge is 0.241 e. The number of nitrogens with one attached hydrogen (secondary N) is 1. The van der Waals surface area contributed by atoms with Crippen molar-refractivity contribution in [3.05, 3.63) is 18.7 Å². The van der Waals surface area contributed by atoms with Crippen LogP contribution in [0.25, 0.3) is 5.95 Å². The predicted molar refractivity (Wildman–Crippen MR) is 81.8 cm³/mol. The minimum atomic E-state index is 0.515. The van der Waals surface area contributed by atoms with Gasteiger partial charge in [0.05, 0.1) is 0 Å². The SMILES string of the molecule is CNc1nc(N(C)C2CCCCC2)nc(-n2ccnc2)n1. The molecule has 0 unspecified atom stereocenters. The zero-order valence-corrected chi connectivity index (χ0v) is 12.5. The molecule has 2 aromatic rings. The van der Waals surface area contributed by atoms with E-state index in [0.29, 0.717) is 23.9 Å². The standard InChI is InChI=1S/C14H21N7/c1-15-12-17-13(20(2)11-6-4-3-5-7-11)19-14(18-12)21-9-8-16-10-21/h8-11H,3-7H2,1-2H3,(H,15,17,18,19). The molecule has 0 aromatic carbocycles. The van der Waals surface area contributed by atoms with Crippen molar-refractivity contribution in [2.75, 3.05) is 24.3 Å². The first-order valence-electron chi connectivity index (χ1n) is 7.43. The average molecular weight is 287 g/mol. The van der Waals surface area contributed by atoms with Gasteiger partial charge >= 0.3 is 0 Å². The van der Waals surface area contributed by atoms with E-state index in [4.69, 9.17) is 0 Å². The van der Waals surface area contributed by atoms with E-state index in [0.717, 1.165) is 0 Å². The third-order valence-electron chi connectivity index (χ3n) is 4.01. The Morgan fingerprint density at radius 2 is 2.00 bits per heavy atom. The molecule has 0 atom stereocenters. The Kier molecular flexibility index (Phi) is 3.98. The molecule has 7 nitrogen and oxygen atoms in total. The van der Waals surface area contributed by atoms with Crippen LogP contribution >= 0.6 is 0 Å². The second-order valence-corrected chi connectivity index (χ2v) is 5.38. The molecular formula is C14H21N7. The molecule has 1 aliphatic rings. The molecule has 0 aliphatic heterocycles. The zero-order chi connectivity index (χ0) is 14.7. The van der Waals surface area contributed by atoms with Crippen LogP contribution in [0, 0.1) is 0 Å². The van der Waals surface area contributed by atoms with E-state index < -0.39 is 0 Å². The maximum Gasteiger partial charge on any atom is 0.241 e. The van der Waals surface area contributed by atoms with Gasteiger partial charge in [-0.05, 0) is 12.8 Å². The summed E-state index contributed by atoms with van der Waals surface area (Å²) in [5.41, 5.74) is 0. The lowest BCUT2D eigenvalue weighted by molar-refractivity contribution is 0.424. The minimum Gasteiger partial charge on any atom is -0.357 e. The van der Waals surface area contributed by atoms with Crippen molar-refractivity contribution in [2.24, 2.45) is 0 Å². The summed E-state index contributed by atoms with van der Waals surface area (Å²) in [6.07, 6.45) is 11.6. The van der Waals surface area contributed by atoms with Gasteiger partial charge in [-0.3, -0.25) is 4.57 Å². The fourth-order valence-corrected chi connectivity index (χ4v) is 2.75. The van der Waals surface area contributed by atoms with Crippen molar-refractivity contribution in [1.29, 1.82) is 0 Å². The first-order chi connectivity index (χ1) is 10.3. The van der Waals surface area contributed by atoms with E-state index in [9.17, 15) is 0 Å². The van der Waals surface area contributed by atoms with Gasteiger partial charge in [0, 0.05) is 32.5 Å². The van der Waals surface area contributed by atoms with Gasteiger partial charge in [-0.25, -0.2) is 4.98 Å². The summed E-state index contributed by atoms with van der Waals surface area (Å²) >= 11 is 0. The van der Waals surface area contributed by atoms with Crippen LogP contribution in [0.4, 0.5) is 11.9 Å². The van der Waals surface area contributed by atoms with Gasteiger partial charge in [0.15, 0.2) is 0 Å². The Labute approximate surface area is 124 Å². The number of nitrogens with zero attached hydrogens (tertiary/aromatic N) is 6. The molecule has 1 fully saturated rings. The van der Waals surface area contributed by atoms with Gasteiger partial charge in [0.2, 0.25) is 17.8 Å². The van der Waals surface area contributed by atoms with Crippen molar-refractivity contribution in [1.82, 2.24) is 24.5 Å². The molecule has 7 heteroatoms. The van der Waals surface area contributed by atoms with E-state index in [2.05, 4.69) is 37.2 Å². The van der Waals surface area contributed by atoms with Crippen molar-refractivity contribution in [3.8, 4) is 5.95 Å². The number of hydrogen-bond acceptors (Lipinski definition) is 6. The Morgan fingerprint density at radius 3 is 2.67 bits per heavy atom. The van der Waals surface area contributed by atoms with Crippen LogP contribution in [0.15, 0.2) is 18.7 Å². The highest BCUT2D eigenvalue weighted by atomic mass is 15.3. The van der Waals surface area contributed by atoms with Crippen molar-refractivity contribution < 1.29 is 0 Å². The maximum absolute atomic E-state index is 4.59. The highest BCUT2D eigenvalue weighted by Gasteiger charge is 2.21. The minimum absolute atomic E-state index is 0.515. The third kappa shape index (κ3) is 2.96. The first-order valence-corrected chi connectivity index (χ1v) is 7.43. The maximum atomic E-state index is 4.59. The quantitative estimate of drug-likeness (QED) is 0.925. The summed E-state index contributed by atoms with van der Waals surface area (Å²) in [5.74, 6) is 1.88. The molecule has 2 heterocycles. The molecule has 0 spiro atoms. The van der Waals surface area contributed by atoms with Crippen molar-refractivity contribution in [3.63, 3.8) is 0 Å². The topological polar surface area (TPSA) is 71.8 Å². The second kappa shape index (κ2) is 6.07. The van der Waals surface area contributed by atoms with Gasteiger partial charge in [-0.15, -0.1) is 0 Å². The second-order valence-electron chi connectivity index (χ2n) is 5.38. The normalized spacial score (nSPS) is 15.9. The highest BCUT2D eigenvalue weighted by Crippen LogP contribution is 2.24. The van der Waals surface area contributed by atoms with Crippen molar-refractivity contribution in [2.45, 2.75) is 38.1 Å². The van der Waals surface area contributed by atoms with Gasteiger partial charge < -0.3 is 10.2 Å². The Balaban J connectivity index is 1.91. The molecule has 1 saturated carbocycles. The number of imidazole rings is 1. The van der Waals surface area contributed by atoms with Crippen LogP contribution in [0.1, 0.15) is 32.1 Å². The van der Waals surface area contributed by atoms with E-state index in [1.807, 2.05) is 13.2 Å². The van der Waals surface area contributed by atoms with E-state index in [1.165, 1.54) is 32.1 Å². The third-order valence-corrected chi connectivity index (χ3v) is 4.01. The fourth-order valence-electron chi connectivity index (χ4n) is 2.75. The molecule has 0 radical (unpaired) electrons. The average Bonchev–Trinajstić information content (AvgIpc) is 3.09. The molecule has 3 rings (SSSR count). The molecule has 1 N–H and O–H groups in total. The van der Waals surface area contributed by atoms with Crippen LogP contribution in [0.3, 0.4) is 0 Å². The van der Waals surface area contributed by atoms with Gasteiger partial charge in [0.1, 0.15) is 6.33 Å². The lowest BCUT2D eigenvalue weighted by Gasteiger charge is -2.31. The highest BCUT2D eigenvalue weighted by molar-refractivity contribution is 5.40. The first kappa shape index (κ1) is 13.8. The monoisotopic (exact) mass is 287 g/mol. The summed E-state index contributed by atoms with van der Waals surface area (Å²) in [6, 6.07) is 0.515. The summed E-state index contributed by atoms with van der Waals surface area (Å²) in [6.45, 7) is 0. The van der Waals surface area contributed by atoms with Crippen LogP contribution in [-0.4, -0.2) is 44.6 Å². The van der Waals surface area contributed by atoms with Crippen LogP contribution in [0.5, 0.6) is 0 Å². The Hall–Kier alpha value is -2.18. The molecule has 21 heavy (non-hydrogen) atoms. The molecule has 0 bridgehead atoms. The molecule has 0 amide bonds. The number of rotatable bonds is 4. The molecular weight excluding hydrogens is 266 g/mol. The summed E-state index contributed by atoms with van der Waals surface area (Å²) in [4.78, 5) is 19.7. The van der Waals surface area contributed by atoms with E-state index in [-0.39, 0.29) is 0 Å². The number of anilines is 2.